The van der Waals surface area contributed by atoms with E-state index < -0.39 is 0 Å². The highest BCUT2D eigenvalue weighted by Crippen LogP contribution is 2.17. The molecule has 0 saturated heterocycles. The van der Waals surface area contributed by atoms with Crippen LogP contribution in [0.1, 0.15) is 30.9 Å². The minimum absolute atomic E-state index is 0.533. The van der Waals surface area contributed by atoms with Gasteiger partial charge in [0.15, 0.2) is 5.11 Å². The fourth-order valence-corrected chi connectivity index (χ4v) is 2.05. The summed E-state index contributed by atoms with van der Waals surface area (Å²) >= 11 is 5.30. The Morgan fingerprint density at radius 2 is 1.80 bits per heavy atom. The van der Waals surface area contributed by atoms with Crippen LogP contribution in [0.25, 0.3) is 0 Å². The van der Waals surface area contributed by atoms with Crippen molar-refractivity contribution in [2.75, 3.05) is 10.6 Å². The molecule has 2 rings (SSSR count). The van der Waals surface area contributed by atoms with Crippen molar-refractivity contribution in [3.63, 3.8) is 0 Å². The highest BCUT2D eigenvalue weighted by molar-refractivity contribution is 7.80. The standard InChI is InChI=1S/C16H19N3S/c1-11(2)13-6-8-14(9-7-13)18-16(20)19-15-12(3)5-4-10-17-15/h4-11H,1-3H3,(H2,17,18,19,20). The lowest BCUT2D eigenvalue weighted by molar-refractivity contribution is 0.867. The van der Waals surface area contributed by atoms with Gasteiger partial charge in [0.25, 0.3) is 0 Å². The lowest BCUT2D eigenvalue weighted by Crippen LogP contribution is -2.20. The van der Waals surface area contributed by atoms with E-state index in [1.807, 2.05) is 31.2 Å². The van der Waals surface area contributed by atoms with Crippen molar-refractivity contribution in [1.82, 2.24) is 4.98 Å². The maximum atomic E-state index is 5.30. The maximum Gasteiger partial charge on any atom is 0.176 e. The van der Waals surface area contributed by atoms with Crippen molar-refractivity contribution in [1.29, 1.82) is 0 Å². The first kappa shape index (κ1) is 14.5. The molecule has 0 saturated carbocycles. The van der Waals surface area contributed by atoms with E-state index in [9.17, 15) is 0 Å². The zero-order chi connectivity index (χ0) is 14.5. The topological polar surface area (TPSA) is 37.0 Å². The number of thiocarbonyl (C=S) groups is 1. The van der Waals surface area contributed by atoms with Gasteiger partial charge in [-0.25, -0.2) is 4.98 Å². The smallest absolute Gasteiger partial charge is 0.176 e. The highest BCUT2D eigenvalue weighted by Gasteiger charge is 2.03. The van der Waals surface area contributed by atoms with Crippen molar-refractivity contribution in [2.24, 2.45) is 0 Å². The Labute approximate surface area is 125 Å². The molecule has 20 heavy (non-hydrogen) atoms. The number of hydrogen-bond donors (Lipinski definition) is 2. The molecule has 0 aliphatic carbocycles. The van der Waals surface area contributed by atoms with E-state index in [2.05, 4.69) is 41.6 Å². The summed E-state index contributed by atoms with van der Waals surface area (Å²) in [5, 5.41) is 6.81. The number of nitrogens with zero attached hydrogens (tertiary/aromatic N) is 1. The lowest BCUT2D eigenvalue weighted by atomic mass is 10.0. The Balaban J connectivity index is 1.99. The average molecular weight is 285 g/mol. The number of benzene rings is 1. The van der Waals surface area contributed by atoms with Crippen molar-refractivity contribution in [3.05, 3.63) is 53.7 Å². The van der Waals surface area contributed by atoms with Crippen molar-refractivity contribution < 1.29 is 0 Å². The maximum absolute atomic E-state index is 5.30. The van der Waals surface area contributed by atoms with Crippen LogP contribution < -0.4 is 10.6 Å². The van der Waals surface area contributed by atoms with Gasteiger partial charge in [0.1, 0.15) is 5.82 Å². The number of hydrogen-bond acceptors (Lipinski definition) is 2. The van der Waals surface area contributed by atoms with E-state index in [1.165, 1.54) is 5.56 Å². The quantitative estimate of drug-likeness (QED) is 0.823. The summed E-state index contributed by atoms with van der Waals surface area (Å²) in [5.41, 5.74) is 3.35. The van der Waals surface area contributed by atoms with Crippen molar-refractivity contribution in [3.8, 4) is 0 Å². The van der Waals surface area contributed by atoms with Gasteiger partial charge in [-0.3, -0.25) is 0 Å². The fraction of sp³-hybridized carbons (Fsp3) is 0.250. The summed E-state index contributed by atoms with van der Waals surface area (Å²) in [7, 11) is 0. The Morgan fingerprint density at radius 3 is 2.40 bits per heavy atom. The molecule has 0 atom stereocenters. The Kier molecular flexibility index (Phi) is 4.69. The van der Waals surface area contributed by atoms with Gasteiger partial charge in [0, 0.05) is 11.9 Å². The molecular formula is C16H19N3S. The summed E-state index contributed by atoms with van der Waals surface area (Å²) < 4.78 is 0. The first-order valence-electron chi connectivity index (χ1n) is 6.66. The van der Waals surface area contributed by atoms with Crippen LogP contribution in [0.3, 0.4) is 0 Å². The largest absolute Gasteiger partial charge is 0.332 e. The molecule has 0 fully saturated rings. The molecule has 0 unspecified atom stereocenters. The molecule has 1 aromatic heterocycles. The van der Waals surface area contributed by atoms with Gasteiger partial charge in [0.05, 0.1) is 0 Å². The Bertz CT molecular complexity index is 591. The van der Waals surface area contributed by atoms with E-state index in [-0.39, 0.29) is 0 Å². The van der Waals surface area contributed by atoms with Gasteiger partial charge in [-0.15, -0.1) is 0 Å². The molecule has 2 N–H and O–H groups in total. The number of aromatic nitrogens is 1. The second-order valence-corrected chi connectivity index (χ2v) is 5.43. The van der Waals surface area contributed by atoms with E-state index in [1.54, 1.807) is 6.20 Å². The van der Waals surface area contributed by atoms with Gasteiger partial charge in [0.2, 0.25) is 0 Å². The molecule has 4 heteroatoms. The lowest BCUT2D eigenvalue weighted by Gasteiger charge is -2.12. The molecule has 0 aliphatic rings. The molecule has 1 heterocycles. The third-order valence-electron chi connectivity index (χ3n) is 3.08. The monoisotopic (exact) mass is 285 g/mol. The second-order valence-electron chi connectivity index (χ2n) is 5.02. The van der Waals surface area contributed by atoms with Crippen LogP contribution >= 0.6 is 12.2 Å². The van der Waals surface area contributed by atoms with Crippen molar-refractivity contribution in [2.45, 2.75) is 26.7 Å². The van der Waals surface area contributed by atoms with Crippen LogP contribution in [0.2, 0.25) is 0 Å². The van der Waals surface area contributed by atoms with Crippen LogP contribution in [0.4, 0.5) is 11.5 Å². The Morgan fingerprint density at radius 1 is 1.10 bits per heavy atom. The van der Waals surface area contributed by atoms with Gasteiger partial charge >= 0.3 is 0 Å². The number of nitrogens with one attached hydrogen (secondary N) is 2. The fourth-order valence-electron chi connectivity index (χ4n) is 1.84. The van der Waals surface area contributed by atoms with E-state index in [0.29, 0.717) is 11.0 Å². The molecular weight excluding hydrogens is 266 g/mol. The van der Waals surface area contributed by atoms with Crippen LogP contribution in [0.5, 0.6) is 0 Å². The molecule has 0 radical (unpaired) electrons. The van der Waals surface area contributed by atoms with Gasteiger partial charge in [-0.2, -0.15) is 0 Å². The van der Waals surface area contributed by atoms with Crippen LogP contribution in [0, 0.1) is 6.92 Å². The number of anilines is 2. The molecule has 1 aromatic carbocycles. The number of rotatable bonds is 3. The van der Waals surface area contributed by atoms with E-state index in [4.69, 9.17) is 12.2 Å². The molecule has 104 valence electrons. The number of aryl methyl sites for hydroxylation is 1. The van der Waals surface area contributed by atoms with Crippen LogP contribution in [-0.4, -0.2) is 10.1 Å². The minimum atomic E-state index is 0.533. The summed E-state index contributed by atoms with van der Waals surface area (Å²) in [6.45, 7) is 6.35. The van der Waals surface area contributed by atoms with Gasteiger partial charge in [-0.1, -0.05) is 32.0 Å². The summed E-state index contributed by atoms with van der Waals surface area (Å²) in [6.07, 6.45) is 1.75. The predicted octanol–water partition coefficient (Wildman–Crippen LogP) is 4.32. The van der Waals surface area contributed by atoms with Gasteiger partial charge < -0.3 is 10.6 Å². The normalized spacial score (nSPS) is 10.4. The first-order valence-corrected chi connectivity index (χ1v) is 7.06. The van der Waals surface area contributed by atoms with Gasteiger partial charge in [-0.05, 0) is 54.4 Å². The first-order chi connectivity index (χ1) is 9.56. The molecule has 2 aromatic rings. The van der Waals surface area contributed by atoms with Crippen LogP contribution in [-0.2, 0) is 0 Å². The zero-order valence-electron chi connectivity index (χ0n) is 12.0. The summed E-state index contributed by atoms with van der Waals surface area (Å²) in [4.78, 5) is 4.26. The minimum Gasteiger partial charge on any atom is -0.332 e. The number of pyridine rings is 1. The molecule has 0 amide bonds. The highest BCUT2D eigenvalue weighted by atomic mass is 32.1. The molecule has 0 bridgehead atoms. The van der Waals surface area contributed by atoms with E-state index >= 15 is 0 Å². The molecule has 3 nitrogen and oxygen atoms in total. The summed E-state index contributed by atoms with van der Waals surface area (Å²) in [6, 6.07) is 12.2. The van der Waals surface area contributed by atoms with Crippen molar-refractivity contribution >= 4 is 28.8 Å². The molecule has 0 aliphatic heterocycles. The zero-order valence-corrected chi connectivity index (χ0v) is 12.8. The average Bonchev–Trinajstić information content (AvgIpc) is 2.42. The third-order valence-corrected chi connectivity index (χ3v) is 3.28. The van der Waals surface area contributed by atoms with Crippen LogP contribution in [0.15, 0.2) is 42.6 Å². The van der Waals surface area contributed by atoms with E-state index in [0.717, 1.165) is 17.1 Å². The Hall–Kier alpha value is -1.94. The summed E-state index contributed by atoms with van der Waals surface area (Å²) in [5.74, 6) is 1.31. The third kappa shape index (κ3) is 3.78. The second kappa shape index (κ2) is 6.48. The predicted molar refractivity (Wildman–Crippen MR) is 89.3 cm³/mol. The molecule has 0 spiro atoms. The SMILES string of the molecule is Cc1cccnc1NC(=S)Nc1ccc(C(C)C)cc1.